The Morgan fingerprint density at radius 3 is 2.75 bits per heavy atom. The number of carbonyl (C=O) groups is 1. The molecule has 1 aromatic rings. The minimum Gasteiger partial charge on any atom is -0.317 e. The number of hydrogen-bond donors (Lipinski definition) is 1. The minimum absolute atomic E-state index is 0.180. The highest BCUT2D eigenvalue weighted by molar-refractivity contribution is 7.10. The van der Waals surface area contributed by atoms with Gasteiger partial charge >= 0.3 is 0 Å². The van der Waals surface area contributed by atoms with Gasteiger partial charge in [-0.05, 0) is 17.9 Å². The maximum absolute atomic E-state index is 11.8. The predicted octanol–water partition coefficient (Wildman–Crippen LogP) is 3.68. The number of thiophene rings is 1. The van der Waals surface area contributed by atoms with Gasteiger partial charge in [0.25, 0.3) is 0 Å². The Hall–Kier alpha value is -0.670. The van der Waals surface area contributed by atoms with E-state index in [4.69, 9.17) is 5.73 Å². The fourth-order valence-corrected chi connectivity index (χ4v) is 2.43. The van der Waals surface area contributed by atoms with Crippen LogP contribution in [0.1, 0.15) is 56.4 Å². The summed E-state index contributed by atoms with van der Waals surface area (Å²) < 4.78 is 0. The summed E-state index contributed by atoms with van der Waals surface area (Å²) in [6, 6.07) is 3.48. The molecule has 0 fully saturated rings. The molecule has 1 rings (SSSR count). The summed E-state index contributed by atoms with van der Waals surface area (Å²) in [5.41, 5.74) is 5.88. The fraction of sp³-hybridized carbons (Fsp3) is 0.615. The van der Waals surface area contributed by atoms with Gasteiger partial charge in [0, 0.05) is 11.3 Å². The van der Waals surface area contributed by atoms with E-state index in [1.54, 1.807) is 11.3 Å². The quantitative estimate of drug-likeness (QED) is 0.703. The predicted molar refractivity (Wildman–Crippen MR) is 69.6 cm³/mol. The third-order valence-electron chi connectivity index (χ3n) is 2.72. The van der Waals surface area contributed by atoms with Crippen molar-refractivity contribution in [3.63, 3.8) is 0 Å². The lowest BCUT2D eigenvalue weighted by Gasteiger charge is -2.07. The molecule has 3 heteroatoms. The number of carbonyl (C=O) groups excluding carboxylic acids is 1. The highest BCUT2D eigenvalue weighted by atomic mass is 32.1. The summed E-state index contributed by atoms with van der Waals surface area (Å²) in [5.74, 6) is 0.180. The SMILES string of the molecule is CCCCCCCC(=O)C(N)c1cccs1. The summed E-state index contributed by atoms with van der Waals surface area (Å²) in [7, 11) is 0. The van der Waals surface area contributed by atoms with Crippen LogP contribution in [0.2, 0.25) is 0 Å². The monoisotopic (exact) mass is 239 g/mol. The molecule has 90 valence electrons. The lowest BCUT2D eigenvalue weighted by Crippen LogP contribution is -2.20. The zero-order valence-corrected chi connectivity index (χ0v) is 10.8. The summed E-state index contributed by atoms with van der Waals surface area (Å²) in [6.45, 7) is 2.19. The second kappa shape index (κ2) is 7.58. The number of nitrogens with two attached hydrogens (primary N) is 1. The van der Waals surface area contributed by atoms with E-state index in [1.165, 1.54) is 19.3 Å². The molecule has 2 N–H and O–H groups in total. The molecular formula is C13H21NOS. The molecule has 0 saturated heterocycles. The van der Waals surface area contributed by atoms with Crippen LogP contribution in [-0.2, 0) is 4.79 Å². The third kappa shape index (κ3) is 4.45. The van der Waals surface area contributed by atoms with Crippen LogP contribution < -0.4 is 5.73 Å². The van der Waals surface area contributed by atoms with Gasteiger partial charge in [0.15, 0.2) is 5.78 Å². The number of Topliss-reactive ketones (excluding diaryl/α,β-unsaturated/α-hetero) is 1. The van der Waals surface area contributed by atoms with Crippen molar-refractivity contribution in [3.05, 3.63) is 22.4 Å². The first-order valence-corrected chi connectivity index (χ1v) is 6.95. The lowest BCUT2D eigenvalue weighted by atomic mass is 10.0. The van der Waals surface area contributed by atoms with Gasteiger partial charge in [0.05, 0.1) is 6.04 Å². The van der Waals surface area contributed by atoms with Crippen LogP contribution in [0.5, 0.6) is 0 Å². The Kier molecular flexibility index (Phi) is 6.34. The van der Waals surface area contributed by atoms with Crippen LogP contribution >= 0.6 is 11.3 Å². The van der Waals surface area contributed by atoms with Gasteiger partial charge in [-0.2, -0.15) is 0 Å². The summed E-state index contributed by atoms with van der Waals surface area (Å²) in [5, 5.41) is 1.96. The van der Waals surface area contributed by atoms with Crippen molar-refractivity contribution in [3.8, 4) is 0 Å². The first kappa shape index (κ1) is 13.4. The van der Waals surface area contributed by atoms with Crippen molar-refractivity contribution in [2.75, 3.05) is 0 Å². The lowest BCUT2D eigenvalue weighted by molar-refractivity contribution is -0.120. The van der Waals surface area contributed by atoms with Crippen LogP contribution in [0.15, 0.2) is 17.5 Å². The normalized spacial score (nSPS) is 12.6. The van der Waals surface area contributed by atoms with Crippen LogP contribution in [0, 0.1) is 0 Å². The van der Waals surface area contributed by atoms with Crippen molar-refractivity contribution >= 4 is 17.1 Å². The molecule has 1 aromatic heterocycles. The molecule has 0 aliphatic rings. The largest absolute Gasteiger partial charge is 0.317 e. The molecule has 16 heavy (non-hydrogen) atoms. The number of unbranched alkanes of at least 4 members (excludes halogenated alkanes) is 4. The zero-order valence-electron chi connectivity index (χ0n) is 9.95. The average molecular weight is 239 g/mol. The topological polar surface area (TPSA) is 43.1 Å². The van der Waals surface area contributed by atoms with Gasteiger partial charge in [0.1, 0.15) is 0 Å². The fourth-order valence-electron chi connectivity index (χ4n) is 1.69. The molecule has 0 saturated carbocycles. The average Bonchev–Trinajstić information content (AvgIpc) is 2.81. The van der Waals surface area contributed by atoms with Crippen LogP contribution in [-0.4, -0.2) is 5.78 Å². The Morgan fingerprint density at radius 2 is 2.12 bits per heavy atom. The summed E-state index contributed by atoms with van der Waals surface area (Å²) >= 11 is 1.56. The number of rotatable bonds is 8. The molecule has 0 aliphatic heterocycles. The van der Waals surface area contributed by atoms with Crippen LogP contribution in [0.25, 0.3) is 0 Å². The molecule has 0 radical (unpaired) electrons. The second-order valence-corrected chi connectivity index (χ2v) is 5.10. The molecule has 1 unspecified atom stereocenters. The van der Waals surface area contributed by atoms with Gasteiger partial charge in [-0.1, -0.05) is 38.7 Å². The van der Waals surface area contributed by atoms with Crippen molar-refractivity contribution in [2.45, 2.75) is 51.5 Å². The van der Waals surface area contributed by atoms with E-state index in [0.29, 0.717) is 6.42 Å². The molecular weight excluding hydrogens is 218 g/mol. The van der Waals surface area contributed by atoms with E-state index in [1.807, 2.05) is 17.5 Å². The van der Waals surface area contributed by atoms with Gasteiger partial charge in [-0.3, -0.25) is 4.79 Å². The van der Waals surface area contributed by atoms with E-state index in [9.17, 15) is 4.79 Å². The smallest absolute Gasteiger partial charge is 0.154 e. The number of hydrogen-bond acceptors (Lipinski definition) is 3. The van der Waals surface area contributed by atoms with Crippen molar-refractivity contribution in [2.24, 2.45) is 5.73 Å². The minimum atomic E-state index is -0.397. The van der Waals surface area contributed by atoms with Crippen LogP contribution in [0.4, 0.5) is 0 Å². The van der Waals surface area contributed by atoms with E-state index in [2.05, 4.69) is 6.92 Å². The van der Waals surface area contributed by atoms with E-state index in [0.717, 1.165) is 17.7 Å². The molecule has 0 aliphatic carbocycles. The van der Waals surface area contributed by atoms with Gasteiger partial charge < -0.3 is 5.73 Å². The summed E-state index contributed by atoms with van der Waals surface area (Å²) in [6.07, 6.45) is 6.50. The van der Waals surface area contributed by atoms with Gasteiger partial charge in [-0.25, -0.2) is 0 Å². The van der Waals surface area contributed by atoms with Crippen molar-refractivity contribution in [1.82, 2.24) is 0 Å². The van der Waals surface area contributed by atoms with Gasteiger partial charge in [-0.15, -0.1) is 11.3 Å². The maximum atomic E-state index is 11.8. The highest BCUT2D eigenvalue weighted by Gasteiger charge is 2.15. The molecule has 1 heterocycles. The molecule has 0 bridgehead atoms. The molecule has 1 atom stereocenters. The second-order valence-electron chi connectivity index (χ2n) is 4.12. The zero-order chi connectivity index (χ0) is 11.8. The van der Waals surface area contributed by atoms with Crippen LogP contribution in [0.3, 0.4) is 0 Å². The van der Waals surface area contributed by atoms with E-state index >= 15 is 0 Å². The molecule has 0 amide bonds. The summed E-state index contributed by atoms with van der Waals surface area (Å²) in [4.78, 5) is 12.7. The molecule has 0 aromatic carbocycles. The maximum Gasteiger partial charge on any atom is 0.154 e. The van der Waals surface area contributed by atoms with E-state index in [-0.39, 0.29) is 5.78 Å². The van der Waals surface area contributed by atoms with Crippen molar-refractivity contribution in [1.29, 1.82) is 0 Å². The Balaban J connectivity index is 2.20. The van der Waals surface area contributed by atoms with E-state index < -0.39 is 6.04 Å². The Labute approximate surface area is 102 Å². The molecule has 0 spiro atoms. The first-order chi connectivity index (χ1) is 7.75. The van der Waals surface area contributed by atoms with Crippen molar-refractivity contribution < 1.29 is 4.79 Å². The Bertz CT molecular complexity index is 295. The Morgan fingerprint density at radius 1 is 1.38 bits per heavy atom. The third-order valence-corrected chi connectivity index (χ3v) is 3.68. The highest BCUT2D eigenvalue weighted by Crippen LogP contribution is 2.19. The number of ketones is 1. The first-order valence-electron chi connectivity index (χ1n) is 6.07. The molecule has 2 nitrogen and oxygen atoms in total. The van der Waals surface area contributed by atoms with Gasteiger partial charge in [0.2, 0.25) is 0 Å². The standard InChI is InChI=1S/C13H21NOS/c1-2-3-4-5-6-8-11(15)13(14)12-9-7-10-16-12/h7,9-10,13H,2-6,8,14H2,1H3.